The molecule has 2 rings (SSSR count). The zero-order valence-corrected chi connectivity index (χ0v) is 11.6. The van der Waals surface area contributed by atoms with E-state index in [0.29, 0.717) is 11.4 Å². The van der Waals surface area contributed by atoms with E-state index in [2.05, 4.69) is 5.32 Å². The van der Waals surface area contributed by atoms with E-state index in [-0.39, 0.29) is 17.9 Å². The lowest BCUT2D eigenvalue weighted by Crippen LogP contribution is -2.38. The molecule has 0 amide bonds. The van der Waals surface area contributed by atoms with E-state index in [4.69, 9.17) is 0 Å². The van der Waals surface area contributed by atoms with E-state index in [1.165, 1.54) is 23.7 Å². The highest BCUT2D eigenvalue weighted by Crippen LogP contribution is 2.16. The van der Waals surface area contributed by atoms with Gasteiger partial charge >= 0.3 is 5.69 Å². The van der Waals surface area contributed by atoms with Crippen LogP contribution < -0.4 is 16.6 Å². The van der Waals surface area contributed by atoms with E-state index >= 15 is 0 Å². The fraction of sp³-hybridized carbons (Fsp3) is 0.286. The van der Waals surface area contributed by atoms with Crippen molar-refractivity contribution in [2.45, 2.75) is 13.5 Å². The molecule has 20 heavy (non-hydrogen) atoms. The second kappa shape index (κ2) is 5.32. The van der Waals surface area contributed by atoms with E-state index in [1.807, 2.05) is 6.92 Å². The van der Waals surface area contributed by atoms with Crippen LogP contribution in [0.4, 0.5) is 10.1 Å². The smallest absolute Gasteiger partial charge is 0.330 e. The van der Waals surface area contributed by atoms with Crippen molar-refractivity contribution in [3.63, 3.8) is 0 Å². The second-order valence-electron chi connectivity index (χ2n) is 4.71. The van der Waals surface area contributed by atoms with Crippen molar-refractivity contribution in [1.82, 2.24) is 9.13 Å². The standard InChI is InChI=1S/C14H16FN3O2/c1-9-4-5-11(15)12(6-9)16-8-10-7-13(19)18(3)14(20)17(10)2/h4-7,16H,8H2,1-3H3. The molecule has 2 aromatic rings. The summed E-state index contributed by atoms with van der Waals surface area (Å²) in [4.78, 5) is 23.4. The van der Waals surface area contributed by atoms with Crippen LogP contribution in [0, 0.1) is 12.7 Å². The average Bonchev–Trinajstić information content (AvgIpc) is 2.42. The predicted octanol–water partition coefficient (Wildman–Crippen LogP) is 1.14. The first kappa shape index (κ1) is 14.0. The minimum Gasteiger partial charge on any atom is -0.377 e. The Morgan fingerprint density at radius 2 is 1.85 bits per heavy atom. The monoisotopic (exact) mass is 277 g/mol. The van der Waals surface area contributed by atoms with Crippen molar-refractivity contribution in [2.75, 3.05) is 5.32 Å². The van der Waals surface area contributed by atoms with Gasteiger partial charge in [-0.15, -0.1) is 0 Å². The quantitative estimate of drug-likeness (QED) is 0.915. The van der Waals surface area contributed by atoms with Crippen LogP contribution in [0.15, 0.2) is 33.9 Å². The summed E-state index contributed by atoms with van der Waals surface area (Å²) in [7, 11) is 2.99. The minimum atomic E-state index is -0.404. The van der Waals surface area contributed by atoms with Crippen molar-refractivity contribution in [2.24, 2.45) is 14.1 Å². The molecule has 0 atom stereocenters. The molecule has 6 heteroatoms. The molecule has 0 radical (unpaired) electrons. The molecule has 0 fully saturated rings. The van der Waals surface area contributed by atoms with Crippen LogP contribution in [-0.2, 0) is 20.6 Å². The first-order valence-corrected chi connectivity index (χ1v) is 6.16. The summed E-state index contributed by atoms with van der Waals surface area (Å²) in [6, 6.07) is 6.09. The SMILES string of the molecule is Cc1ccc(F)c(NCc2cc(=O)n(C)c(=O)n2C)c1. The highest BCUT2D eigenvalue weighted by molar-refractivity contribution is 5.47. The number of anilines is 1. The number of nitrogens with zero attached hydrogens (tertiary/aromatic N) is 2. The van der Waals surface area contributed by atoms with Gasteiger partial charge in [-0.1, -0.05) is 6.07 Å². The Labute approximate surface area is 115 Å². The summed E-state index contributed by atoms with van der Waals surface area (Å²) in [6.45, 7) is 2.06. The average molecular weight is 277 g/mol. The van der Waals surface area contributed by atoms with Gasteiger partial charge in [0.25, 0.3) is 5.56 Å². The molecule has 0 saturated heterocycles. The largest absolute Gasteiger partial charge is 0.377 e. The van der Waals surface area contributed by atoms with Crippen molar-refractivity contribution in [3.8, 4) is 0 Å². The Balaban J connectivity index is 2.30. The summed E-state index contributed by atoms with van der Waals surface area (Å²) < 4.78 is 16.0. The van der Waals surface area contributed by atoms with Gasteiger partial charge in [-0.3, -0.25) is 13.9 Å². The van der Waals surface area contributed by atoms with Crippen LogP contribution in [-0.4, -0.2) is 9.13 Å². The maximum atomic E-state index is 13.6. The molecule has 0 bridgehead atoms. The van der Waals surface area contributed by atoms with Gasteiger partial charge in [0.05, 0.1) is 12.2 Å². The maximum Gasteiger partial charge on any atom is 0.330 e. The van der Waals surface area contributed by atoms with Gasteiger partial charge in [0.2, 0.25) is 0 Å². The van der Waals surface area contributed by atoms with Gasteiger partial charge in [-0.2, -0.15) is 0 Å². The number of rotatable bonds is 3. The molecule has 1 aromatic heterocycles. The van der Waals surface area contributed by atoms with E-state index in [0.717, 1.165) is 10.1 Å². The molecule has 0 spiro atoms. The third-order valence-corrected chi connectivity index (χ3v) is 3.21. The fourth-order valence-electron chi connectivity index (χ4n) is 1.91. The number of aryl methyl sites for hydroxylation is 1. The Morgan fingerprint density at radius 3 is 2.55 bits per heavy atom. The number of hydrogen-bond acceptors (Lipinski definition) is 3. The van der Waals surface area contributed by atoms with Crippen LogP contribution in [0.5, 0.6) is 0 Å². The summed E-state index contributed by atoms with van der Waals surface area (Å²) in [5, 5.41) is 2.90. The van der Waals surface area contributed by atoms with Gasteiger partial charge in [0.15, 0.2) is 0 Å². The van der Waals surface area contributed by atoms with Crippen LogP contribution in [0.3, 0.4) is 0 Å². The second-order valence-corrected chi connectivity index (χ2v) is 4.71. The molecule has 1 aromatic carbocycles. The Bertz CT molecular complexity index is 762. The minimum absolute atomic E-state index is 0.197. The summed E-state index contributed by atoms with van der Waals surface area (Å²) in [5.41, 5.74) is 0.984. The van der Waals surface area contributed by atoms with E-state index in [1.54, 1.807) is 19.2 Å². The third-order valence-electron chi connectivity index (χ3n) is 3.21. The molecule has 1 N–H and O–H groups in total. The number of halogens is 1. The maximum absolute atomic E-state index is 13.6. The van der Waals surface area contributed by atoms with Gasteiger partial charge in [-0.25, -0.2) is 9.18 Å². The van der Waals surface area contributed by atoms with Gasteiger partial charge in [0, 0.05) is 25.9 Å². The lowest BCUT2D eigenvalue weighted by molar-refractivity contribution is 0.626. The normalized spacial score (nSPS) is 10.6. The van der Waals surface area contributed by atoms with Crippen molar-refractivity contribution in [1.29, 1.82) is 0 Å². The van der Waals surface area contributed by atoms with Gasteiger partial charge in [0.1, 0.15) is 5.82 Å². The van der Waals surface area contributed by atoms with Crippen LogP contribution in [0.1, 0.15) is 11.3 Å². The fourth-order valence-corrected chi connectivity index (χ4v) is 1.91. The highest BCUT2D eigenvalue weighted by atomic mass is 19.1. The molecule has 5 nitrogen and oxygen atoms in total. The van der Waals surface area contributed by atoms with Gasteiger partial charge in [-0.05, 0) is 24.6 Å². The number of hydrogen-bond donors (Lipinski definition) is 1. The van der Waals surface area contributed by atoms with Crippen molar-refractivity contribution < 1.29 is 4.39 Å². The topological polar surface area (TPSA) is 56.0 Å². The lowest BCUT2D eigenvalue weighted by atomic mass is 10.2. The van der Waals surface area contributed by atoms with Crippen LogP contribution in [0.25, 0.3) is 0 Å². The van der Waals surface area contributed by atoms with Gasteiger partial charge < -0.3 is 5.32 Å². The first-order valence-electron chi connectivity index (χ1n) is 6.16. The third kappa shape index (κ3) is 2.64. The van der Waals surface area contributed by atoms with E-state index in [9.17, 15) is 14.0 Å². The predicted molar refractivity (Wildman–Crippen MR) is 75.4 cm³/mol. The lowest BCUT2D eigenvalue weighted by Gasteiger charge is -2.12. The molecular weight excluding hydrogens is 261 g/mol. The first-order chi connectivity index (χ1) is 9.40. The van der Waals surface area contributed by atoms with Crippen molar-refractivity contribution in [3.05, 3.63) is 62.2 Å². The molecule has 0 aliphatic heterocycles. The highest BCUT2D eigenvalue weighted by Gasteiger charge is 2.07. The number of benzene rings is 1. The molecule has 1 heterocycles. The van der Waals surface area contributed by atoms with Crippen molar-refractivity contribution >= 4 is 5.69 Å². The van der Waals surface area contributed by atoms with E-state index < -0.39 is 5.69 Å². The zero-order chi connectivity index (χ0) is 14.9. The Kier molecular flexibility index (Phi) is 3.74. The molecule has 0 saturated carbocycles. The number of aromatic nitrogens is 2. The molecule has 0 aliphatic rings. The summed E-state index contributed by atoms with van der Waals surface area (Å²) in [6.07, 6.45) is 0. The molecule has 0 unspecified atom stereocenters. The Morgan fingerprint density at radius 1 is 1.15 bits per heavy atom. The molecule has 106 valence electrons. The summed E-state index contributed by atoms with van der Waals surface area (Å²) in [5.74, 6) is -0.371. The molecule has 0 aliphatic carbocycles. The number of nitrogens with one attached hydrogen (secondary N) is 1. The Hall–Kier alpha value is -2.37. The van der Waals surface area contributed by atoms with Crippen LogP contribution in [0.2, 0.25) is 0 Å². The molecular formula is C14H16FN3O2. The summed E-state index contributed by atoms with van der Waals surface area (Å²) >= 11 is 0. The van der Waals surface area contributed by atoms with Crippen LogP contribution >= 0.6 is 0 Å². The zero-order valence-electron chi connectivity index (χ0n) is 11.6.